The molecule has 1 aliphatic rings. The van der Waals surface area contributed by atoms with Crippen LogP contribution in [-0.4, -0.2) is 56.5 Å². The second kappa shape index (κ2) is 8.67. The van der Waals surface area contributed by atoms with Crippen molar-refractivity contribution < 1.29 is 17.9 Å². The molecule has 25 heavy (non-hydrogen) atoms. The normalized spacial score (nSPS) is 16.0. The molecule has 0 spiro atoms. The predicted octanol–water partition coefficient (Wildman–Crippen LogP) is 2.25. The average Bonchev–Trinajstić information content (AvgIpc) is 2.59. The maximum absolute atomic E-state index is 12.6. The third-order valence-corrected chi connectivity index (χ3v) is 5.98. The standard InChI is InChI=1S/C18H28N2O4S/c1-19(13-15-9-11-17(24-2)12-10-15)18(21)14-20(25(3,22)23)16-7-5-4-6-8-16/h9-12,16H,4-8,13-14H2,1-3H3. The summed E-state index contributed by atoms with van der Waals surface area (Å²) in [6.45, 7) is 0.348. The van der Waals surface area contributed by atoms with Crippen LogP contribution >= 0.6 is 0 Å². The number of benzene rings is 1. The van der Waals surface area contributed by atoms with E-state index in [1.165, 1.54) is 10.6 Å². The Balaban J connectivity index is 2.00. The van der Waals surface area contributed by atoms with Gasteiger partial charge in [0.15, 0.2) is 0 Å². The van der Waals surface area contributed by atoms with Crippen LogP contribution in [0.15, 0.2) is 24.3 Å². The molecule has 1 aromatic carbocycles. The zero-order chi connectivity index (χ0) is 18.4. The molecule has 2 rings (SSSR count). The summed E-state index contributed by atoms with van der Waals surface area (Å²) in [6.07, 6.45) is 6.04. The van der Waals surface area contributed by atoms with E-state index in [1.54, 1.807) is 19.1 Å². The second-order valence-electron chi connectivity index (χ2n) is 6.70. The highest BCUT2D eigenvalue weighted by molar-refractivity contribution is 7.88. The summed E-state index contributed by atoms with van der Waals surface area (Å²) in [7, 11) is -0.0966. The van der Waals surface area contributed by atoms with Gasteiger partial charge in [-0.3, -0.25) is 4.79 Å². The van der Waals surface area contributed by atoms with E-state index < -0.39 is 10.0 Å². The van der Waals surface area contributed by atoms with Gasteiger partial charge in [0.2, 0.25) is 15.9 Å². The number of carbonyl (C=O) groups is 1. The van der Waals surface area contributed by atoms with Crippen molar-refractivity contribution in [1.29, 1.82) is 0 Å². The third kappa shape index (κ3) is 5.71. The zero-order valence-electron chi connectivity index (χ0n) is 15.3. The second-order valence-corrected chi connectivity index (χ2v) is 8.63. The molecule has 0 unspecified atom stereocenters. The molecular formula is C18H28N2O4S. The lowest BCUT2D eigenvalue weighted by Gasteiger charge is -2.33. The molecule has 6 nitrogen and oxygen atoms in total. The molecule has 0 aromatic heterocycles. The first kappa shape index (κ1) is 19.7. The molecule has 140 valence electrons. The molecule has 0 radical (unpaired) electrons. The number of amides is 1. The van der Waals surface area contributed by atoms with E-state index in [2.05, 4.69) is 0 Å². The Kier molecular flexibility index (Phi) is 6.84. The van der Waals surface area contributed by atoms with E-state index in [9.17, 15) is 13.2 Å². The highest BCUT2D eigenvalue weighted by atomic mass is 32.2. The fourth-order valence-electron chi connectivity index (χ4n) is 3.23. The number of ether oxygens (including phenoxy) is 1. The van der Waals surface area contributed by atoms with Gasteiger partial charge >= 0.3 is 0 Å². The van der Waals surface area contributed by atoms with E-state index in [4.69, 9.17) is 4.74 Å². The van der Waals surface area contributed by atoms with Gasteiger partial charge in [-0.1, -0.05) is 31.4 Å². The van der Waals surface area contributed by atoms with E-state index in [0.717, 1.165) is 43.4 Å². The lowest BCUT2D eigenvalue weighted by molar-refractivity contribution is -0.131. The van der Waals surface area contributed by atoms with Gasteiger partial charge in [-0.2, -0.15) is 4.31 Å². The van der Waals surface area contributed by atoms with E-state index in [1.807, 2.05) is 24.3 Å². The Morgan fingerprint density at radius 1 is 1.16 bits per heavy atom. The van der Waals surface area contributed by atoms with Crippen LogP contribution in [0.5, 0.6) is 5.75 Å². The minimum atomic E-state index is -3.41. The quantitative estimate of drug-likeness (QED) is 0.740. The molecule has 1 fully saturated rings. The summed E-state index contributed by atoms with van der Waals surface area (Å²) in [6, 6.07) is 7.44. The molecule has 7 heteroatoms. The van der Waals surface area contributed by atoms with E-state index >= 15 is 0 Å². The molecule has 0 saturated heterocycles. The Morgan fingerprint density at radius 2 is 1.76 bits per heavy atom. The van der Waals surface area contributed by atoms with Gasteiger partial charge in [0.25, 0.3) is 0 Å². The van der Waals surface area contributed by atoms with Gasteiger partial charge in [-0.15, -0.1) is 0 Å². The van der Waals surface area contributed by atoms with Gasteiger partial charge in [-0.25, -0.2) is 8.42 Å². The highest BCUT2D eigenvalue weighted by Gasteiger charge is 2.30. The first-order valence-electron chi connectivity index (χ1n) is 8.65. The zero-order valence-corrected chi connectivity index (χ0v) is 16.1. The number of sulfonamides is 1. The van der Waals surface area contributed by atoms with Crippen LogP contribution in [0.1, 0.15) is 37.7 Å². The maximum Gasteiger partial charge on any atom is 0.237 e. The number of hydrogen-bond acceptors (Lipinski definition) is 4. The van der Waals surface area contributed by atoms with E-state index in [0.29, 0.717) is 6.54 Å². The summed E-state index contributed by atoms with van der Waals surface area (Å²) in [5.74, 6) is 0.574. The number of methoxy groups -OCH3 is 1. The monoisotopic (exact) mass is 368 g/mol. The van der Waals surface area contributed by atoms with Crippen LogP contribution in [0, 0.1) is 0 Å². The number of hydrogen-bond donors (Lipinski definition) is 0. The fraction of sp³-hybridized carbons (Fsp3) is 0.611. The first-order chi connectivity index (χ1) is 11.8. The largest absolute Gasteiger partial charge is 0.497 e. The summed E-state index contributed by atoms with van der Waals surface area (Å²) < 4.78 is 30.8. The van der Waals surface area contributed by atoms with Gasteiger partial charge in [0.05, 0.1) is 19.9 Å². The van der Waals surface area contributed by atoms with Crippen molar-refractivity contribution in [2.75, 3.05) is 27.0 Å². The van der Waals surface area contributed by atoms with Crippen LogP contribution < -0.4 is 4.74 Å². The van der Waals surface area contributed by atoms with Crippen molar-refractivity contribution >= 4 is 15.9 Å². The number of likely N-dealkylation sites (N-methyl/N-ethyl adjacent to an activating group) is 1. The van der Waals surface area contributed by atoms with Crippen molar-refractivity contribution in [2.24, 2.45) is 0 Å². The summed E-state index contributed by atoms with van der Waals surface area (Å²) >= 11 is 0. The Labute approximate surface area is 150 Å². The molecule has 0 atom stereocenters. The van der Waals surface area contributed by atoms with Crippen LogP contribution in [-0.2, 0) is 21.4 Å². The molecule has 0 aliphatic heterocycles. The van der Waals surface area contributed by atoms with Crippen molar-refractivity contribution in [3.8, 4) is 5.75 Å². The third-order valence-electron chi connectivity index (χ3n) is 4.70. The molecule has 1 aliphatic carbocycles. The van der Waals surface area contributed by atoms with Crippen LogP contribution in [0.2, 0.25) is 0 Å². The number of nitrogens with zero attached hydrogens (tertiary/aromatic N) is 2. The number of rotatable bonds is 7. The smallest absolute Gasteiger partial charge is 0.237 e. The van der Waals surface area contributed by atoms with E-state index in [-0.39, 0.29) is 18.5 Å². The molecule has 0 N–H and O–H groups in total. The average molecular weight is 368 g/mol. The Morgan fingerprint density at radius 3 is 2.28 bits per heavy atom. The summed E-state index contributed by atoms with van der Waals surface area (Å²) in [4.78, 5) is 14.1. The van der Waals surface area contributed by atoms with Crippen LogP contribution in [0.3, 0.4) is 0 Å². The van der Waals surface area contributed by atoms with Gasteiger partial charge in [0.1, 0.15) is 5.75 Å². The minimum absolute atomic E-state index is 0.0536. The van der Waals surface area contributed by atoms with Gasteiger partial charge < -0.3 is 9.64 Å². The molecule has 1 amide bonds. The van der Waals surface area contributed by atoms with Crippen LogP contribution in [0.4, 0.5) is 0 Å². The fourth-order valence-corrected chi connectivity index (χ4v) is 4.33. The lowest BCUT2D eigenvalue weighted by Crippen LogP contribution is -2.46. The van der Waals surface area contributed by atoms with Crippen molar-refractivity contribution in [1.82, 2.24) is 9.21 Å². The van der Waals surface area contributed by atoms with Gasteiger partial charge in [-0.05, 0) is 30.5 Å². The Hall–Kier alpha value is -1.60. The molecule has 1 aromatic rings. The van der Waals surface area contributed by atoms with Crippen molar-refractivity contribution in [3.63, 3.8) is 0 Å². The SMILES string of the molecule is COc1ccc(CN(C)C(=O)CN(C2CCCCC2)S(C)(=O)=O)cc1. The topological polar surface area (TPSA) is 66.9 Å². The van der Waals surface area contributed by atoms with Crippen molar-refractivity contribution in [3.05, 3.63) is 29.8 Å². The van der Waals surface area contributed by atoms with Gasteiger partial charge in [0, 0.05) is 19.6 Å². The summed E-state index contributed by atoms with van der Waals surface area (Å²) in [5, 5.41) is 0. The summed E-state index contributed by atoms with van der Waals surface area (Å²) in [5.41, 5.74) is 0.972. The predicted molar refractivity (Wildman–Crippen MR) is 97.9 cm³/mol. The number of carbonyl (C=O) groups excluding carboxylic acids is 1. The van der Waals surface area contributed by atoms with Crippen LogP contribution in [0.25, 0.3) is 0 Å². The lowest BCUT2D eigenvalue weighted by atomic mass is 9.95. The molecular weight excluding hydrogens is 340 g/mol. The Bertz CT molecular complexity index is 667. The molecule has 0 bridgehead atoms. The molecule has 0 heterocycles. The molecule has 1 saturated carbocycles. The minimum Gasteiger partial charge on any atom is -0.497 e. The maximum atomic E-state index is 12.6. The first-order valence-corrected chi connectivity index (χ1v) is 10.5. The highest BCUT2D eigenvalue weighted by Crippen LogP contribution is 2.24. The van der Waals surface area contributed by atoms with Crippen molar-refractivity contribution in [2.45, 2.75) is 44.7 Å².